The maximum Gasteiger partial charge on any atom is 0.719 e. The van der Waals surface area contributed by atoms with Crippen LogP contribution >= 0.6 is 0 Å². The maximum atomic E-state index is 10.8. The Bertz CT molecular complexity index is 779. The average Bonchev–Trinajstić information content (AvgIpc) is 2.62. The number of hydrazine groups is 3. The van der Waals surface area contributed by atoms with Gasteiger partial charge in [0.1, 0.15) is 0 Å². The predicted octanol–water partition coefficient (Wildman–Crippen LogP) is -3.83. The van der Waals surface area contributed by atoms with Crippen molar-refractivity contribution >= 4 is 12.1 Å². The van der Waals surface area contributed by atoms with Crippen LogP contribution in [0.25, 0.3) is 0 Å². The Morgan fingerprint density at radius 1 is 0.867 bits per heavy atom. The van der Waals surface area contributed by atoms with Crippen LogP contribution in [0.5, 0.6) is 0 Å². The number of amidine groups is 1. The number of nitrogens with one attached hydrogen (secondary N) is 3. The smallest absolute Gasteiger partial charge is 0.284 e. The molecule has 0 atom stereocenters. The molecule has 0 amide bonds. The first-order valence-corrected chi connectivity index (χ1v) is 6.83. The molecule has 0 aromatic rings. The van der Waals surface area contributed by atoms with Gasteiger partial charge in [-0.3, -0.25) is 66.1 Å². The minimum atomic E-state index is -3.89. The second-order valence-corrected chi connectivity index (χ2v) is 4.92. The number of hydrazone groups is 1. The molecule has 0 aromatic heterocycles. The molecule has 1 aliphatic heterocycles. The van der Waals surface area contributed by atoms with Crippen molar-refractivity contribution in [3.63, 3.8) is 0 Å². The Balaban J connectivity index is 2.94. The van der Waals surface area contributed by atoms with E-state index in [0.29, 0.717) is 11.4 Å². The largest absolute Gasteiger partial charge is 0.719 e. The molecular formula is C6H8N12O12. The lowest BCUT2D eigenvalue weighted by atomic mass is 10.4. The van der Waals surface area contributed by atoms with Crippen molar-refractivity contribution in [2.45, 2.75) is 11.6 Å². The summed E-state index contributed by atoms with van der Waals surface area (Å²) in [6.07, 6.45) is 0.625. The Kier molecular flexibility index (Phi) is 6.61. The molecule has 0 bridgehead atoms. The molecule has 0 fully saturated rings. The van der Waals surface area contributed by atoms with Crippen molar-refractivity contribution in [2.24, 2.45) is 10.1 Å². The molecule has 0 spiro atoms. The van der Waals surface area contributed by atoms with Gasteiger partial charge >= 0.3 is 11.6 Å². The molecule has 0 aromatic carbocycles. The van der Waals surface area contributed by atoms with Crippen molar-refractivity contribution < 1.29 is 29.5 Å². The third-order valence-electron chi connectivity index (χ3n) is 3.27. The highest BCUT2D eigenvalue weighted by Gasteiger charge is 2.71. The lowest BCUT2D eigenvalue weighted by molar-refractivity contribution is -0.967. The Labute approximate surface area is 160 Å². The molecular weight excluding hydrogens is 432 g/mol. The Morgan fingerprint density at radius 3 is 1.63 bits per heavy atom. The first-order chi connectivity index (χ1) is 13.8. The van der Waals surface area contributed by atoms with Crippen molar-refractivity contribution in [3.8, 4) is 0 Å². The monoisotopic (exact) mass is 440 g/mol. The third kappa shape index (κ3) is 4.06. The third-order valence-corrected chi connectivity index (χ3v) is 3.27. The van der Waals surface area contributed by atoms with Crippen LogP contribution in [0.4, 0.5) is 0 Å². The van der Waals surface area contributed by atoms with Gasteiger partial charge in [0.25, 0.3) is 6.54 Å². The Hall–Kier alpha value is -4.74. The molecule has 0 aliphatic carbocycles. The van der Waals surface area contributed by atoms with E-state index in [-0.39, 0.29) is 0 Å². The van der Waals surface area contributed by atoms with E-state index in [4.69, 9.17) is 0 Å². The van der Waals surface area contributed by atoms with E-state index in [2.05, 4.69) is 10.1 Å². The average molecular weight is 440 g/mol. The van der Waals surface area contributed by atoms with E-state index in [1.807, 2.05) is 16.4 Å². The molecule has 3 N–H and O–H groups in total. The zero-order valence-electron chi connectivity index (χ0n) is 13.9. The van der Waals surface area contributed by atoms with Crippen molar-refractivity contribution in [3.05, 3.63) is 60.7 Å². The van der Waals surface area contributed by atoms with Crippen LogP contribution in [0.3, 0.4) is 0 Å². The number of hydrogen-bond donors (Lipinski definition) is 3. The molecule has 0 saturated carbocycles. The quantitative estimate of drug-likeness (QED) is 0.157. The van der Waals surface area contributed by atoms with E-state index in [1.165, 1.54) is 0 Å². The van der Waals surface area contributed by atoms with Gasteiger partial charge in [-0.25, -0.2) is 4.99 Å². The number of nitro groups is 6. The molecule has 0 saturated heterocycles. The summed E-state index contributed by atoms with van der Waals surface area (Å²) in [6.45, 7) is -3.08. The summed E-state index contributed by atoms with van der Waals surface area (Å²) in [5, 5.41) is 68.4. The molecule has 24 nitrogen and oxygen atoms in total. The predicted molar refractivity (Wildman–Crippen MR) is 84.3 cm³/mol. The molecule has 1 aliphatic rings. The van der Waals surface area contributed by atoms with Crippen molar-refractivity contribution in [1.29, 1.82) is 0 Å². The SMILES string of the molecule is O=[N+]([O-])C(CN=C1C=NN(NCC([N+](=O)[O-])([N+](=O)[O-])[N+](=O)[O-])NN1)([N+](=O)[O-])[N+](=O)[O-]. The van der Waals surface area contributed by atoms with Gasteiger partial charge in [-0.05, 0) is 0 Å². The fraction of sp³-hybridized carbons (Fsp3) is 0.667. The van der Waals surface area contributed by atoms with Crippen LogP contribution in [0.15, 0.2) is 10.1 Å². The highest BCUT2D eigenvalue weighted by Crippen LogP contribution is 2.13. The van der Waals surface area contributed by atoms with Crippen LogP contribution in [0.1, 0.15) is 0 Å². The standard InChI is InChI=1S/C6H8N12O12/c19-12(20)5(13(21)22,14(23)24)2-7-4-1-8-18(11-10-4)9-3-6(15(25)26,16(27)28)17(29)30/h1,9,11H,2-3H2,(H,7,10). The van der Waals surface area contributed by atoms with Crippen LogP contribution in [-0.2, 0) is 0 Å². The first-order valence-electron chi connectivity index (χ1n) is 6.83. The Morgan fingerprint density at radius 2 is 1.30 bits per heavy atom. The number of rotatable bonds is 11. The second kappa shape index (κ2) is 8.52. The number of aliphatic imine (C=N–C) groups is 1. The van der Waals surface area contributed by atoms with Crippen LogP contribution in [0, 0.1) is 60.7 Å². The molecule has 30 heavy (non-hydrogen) atoms. The van der Waals surface area contributed by atoms with Gasteiger partial charge < -0.3 is 0 Å². The van der Waals surface area contributed by atoms with Gasteiger partial charge in [0, 0.05) is 0 Å². The molecule has 0 unspecified atom stereocenters. The van der Waals surface area contributed by atoms with Crippen LogP contribution < -0.4 is 16.4 Å². The topological polar surface area (TPSA) is 323 Å². The van der Waals surface area contributed by atoms with Gasteiger partial charge in [-0.2, -0.15) is 5.43 Å². The highest BCUT2D eigenvalue weighted by molar-refractivity contribution is 6.29. The number of hydrogen-bond acceptors (Lipinski definition) is 17. The normalized spacial score (nSPS) is 15.3. The van der Waals surface area contributed by atoms with E-state index < -0.39 is 60.0 Å². The summed E-state index contributed by atoms with van der Waals surface area (Å²) >= 11 is 0. The molecule has 24 heteroatoms. The van der Waals surface area contributed by atoms with Gasteiger partial charge in [0.05, 0.1) is 6.21 Å². The summed E-state index contributed by atoms with van der Waals surface area (Å²) in [5.74, 6) is -8.29. The summed E-state index contributed by atoms with van der Waals surface area (Å²) < 4.78 is 0. The van der Waals surface area contributed by atoms with Crippen molar-refractivity contribution in [2.75, 3.05) is 13.1 Å². The molecule has 164 valence electrons. The fourth-order valence-corrected chi connectivity index (χ4v) is 1.58. The summed E-state index contributed by atoms with van der Waals surface area (Å²) in [6, 6.07) is 0. The minimum Gasteiger partial charge on any atom is -0.284 e. The summed E-state index contributed by atoms with van der Waals surface area (Å²) in [4.78, 5) is 57.3. The maximum absolute atomic E-state index is 10.8. The summed E-state index contributed by atoms with van der Waals surface area (Å²) in [5.41, 5.74) is 5.78. The zero-order chi connectivity index (χ0) is 23.3. The zero-order valence-corrected chi connectivity index (χ0v) is 13.9. The van der Waals surface area contributed by atoms with Gasteiger partial charge in [0.15, 0.2) is 35.4 Å². The minimum absolute atomic E-state index is 0.353. The second-order valence-electron chi connectivity index (χ2n) is 4.92. The van der Waals surface area contributed by atoms with Gasteiger partial charge in [-0.1, -0.05) is 0 Å². The van der Waals surface area contributed by atoms with E-state index in [9.17, 15) is 60.7 Å². The first kappa shape index (κ1) is 23.3. The highest BCUT2D eigenvalue weighted by atomic mass is 16.7. The van der Waals surface area contributed by atoms with E-state index >= 15 is 0 Å². The van der Waals surface area contributed by atoms with Crippen LogP contribution in [-0.4, -0.2) is 71.5 Å². The van der Waals surface area contributed by atoms with E-state index in [1.54, 1.807) is 0 Å². The summed E-state index contributed by atoms with van der Waals surface area (Å²) in [7, 11) is 0. The lowest BCUT2D eigenvalue weighted by Gasteiger charge is -2.24. The number of nitrogens with zero attached hydrogens (tertiary/aromatic N) is 9. The van der Waals surface area contributed by atoms with E-state index in [0.717, 1.165) is 0 Å². The molecule has 1 rings (SSSR count). The van der Waals surface area contributed by atoms with Crippen molar-refractivity contribution in [1.82, 2.24) is 21.6 Å². The molecule has 1 heterocycles. The molecule has 0 radical (unpaired) electrons. The van der Waals surface area contributed by atoms with Crippen LogP contribution in [0.2, 0.25) is 0 Å². The lowest BCUT2D eigenvalue weighted by Crippen LogP contribution is -2.65. The fourth-order valence-electron chi connectivity index (χ4n) is 1.58. The van der Waals surface area contributed by atoms with Gasteiger partial charge in [0.2, 0.25) is 6.54 Å². The van der Waals surface area contributed by atoms with Gasteiger partial charge in [-0.15, -0.1) is 15.9 Å².